The number of hydrogen-bond donors (Lipinski definition) is 2. The minimum Gasteiger partial charge on any atom is -0.468 e. The van der Waals surface area contributed by atoms with Crippen molar-refractivity contribution in [2.24, 2.45) is 4.99 Å². The molecule has 1 atom stereocenters. The SMILES string of the molecule is CN=C(NC)NCC(c1ccco1)N(C)C.I. The van der Waals surface area contributed by atoms with Crippen LogP contribution in [0.2, 0.25) is 0 Å². The predicted octanol–water partition coefficient (Wildman–Crippen LogP) is 1.30. The second-order valence-corrected chi connectivity index (χ2v) is 3.70. The number of nitrogens with one attached hydrogen (secondary N) is 2. The number of likely N-dealkylation sites (N-methyl/N-ethyl adjacent to an activating group) is 1. The summed E-state index contributed by atoms with van der Waals surface area (Å²) in [6.07, 6.45) is 1.69. The lowest BCUT2D eigenvalue weighted by Gasteiger charge is -2.23. The molecule has 0 fully saturated rings. The summed E-state index contributed by atoms with van der Waals surface area (Å²) in [7, 11) is 7.64. The van der Waals surface area contributed by atoms with Gasteiger partial charge >= 0.3 is 0 Å². The predicted molar refractivity (Wildman–Crippen MR) is 81.0 cm³/mol. The Hall–Kier alpha value is -0.760. The standard InChI is InChI=1S/C11H20N4O.HI/c1-12-11(13-2)14-8-9(15(3)4)10-6-5-7-16-10;/h5-7,9H,8H2,1-4H3,(H2,12,13,14);1H. The van der Waals surface area contributed by atoms with Crippen molar-refractivity contribution in [1.82, 2.24) is 15.5 Å². The summed E-state index contributed by atoms with van der Waals surface area (Å²) in [6.45, 7) is 0.744. The van der Waals surface area contributed by atoms with Crippen LogP contribution in [0.4, 0.5) is 0 Å². The van der Waals surface area contributed by atoms with E-state index in [0.29, 0.717) is 0 Å². The number of furan rings is 1. The van der Waals surface area contributed by atoms with Crippen molar-refractivity contribution in [2.45, 2.75) is 6.04 Å². The minimum absolute atomic E-state index is 0. The summed E-state index contributed by atoms with van der Waals surface area (Å²) in [5.74, 6) is 1.72. The van der Waals surface area contributed by atoms with Gasteiger partial charge in [0, 0.05) is 20.6 Å². The molecule has 98 valence electrons. The van der Waals surface area contributed by atoms with Crippen LogP contribution in [0.3, 0.4) is 0 Å². The van der Waals surface area contributed by atoms with Gasteiger partial charge in [0.2, 0.25) is 0 Å². The summed E-state index contributed by atoms with van der Waals surface area (Å²) >= 11 is 0. The van der Waals surface area contributed by atoms with Gasteiger partial charge in [-0.3, -0.25) is 9.89 Å². The highest BCUT2D eigenvalue weighted by Gasteiger charge is 2.16. The number of rotatable bonds is 4. The quantitative estimate of drug-likeness (QED) is 0.487. The van der Waals surface area contributed by atoms with Crippen molar-refractivity contribution in [3.05, 3.63) is 24.2 Å². The third-order valence-corrected chi connectivity index (χ3v) is 2.42. The molecule has 17 heavy (non-hydrogen) atoms. The van der Waals surface area contributed by atoms with Crippen molar-refractivity contribution in [2.75, 3.05) is 34.7 Å². The van der Waals surface area contributed by atoms with Gasteiger partial charge in [-0.25, -0.2) is 0 Å². The lowest BCUT2D eigenvalue weighted by Crippen LogP contribution is -2.40. The zero-order valence-electron chi connectivity index (χ0n) is 10.7. The van der Waals surface area contributed by atoms with Crippen LogP contribution < -0.4 is 10.6 Å². The molecule has 0 saturated heterocycles. The molecular formula is C11H21IN4O. The Balaban J connectivity index is 0.00000256. The van der Waals surface area contributed by atoms with E-state index in [-0.39, 0.29) is 30.0 Å². The molecule has 0 aromatic carbocycles. The van der Waals surface area contributed by atoms with Crippen LogP contribution in [0.15, 0.2) is 27.8 Å². The second kappa shape index (κ2) is 8.35. The van der Waals surface area contributed by atoms with E-state index >= 15 is 0 Å². The van der Waals surface area contributed by atoms with E-state index in [9.17, 15) is 0 Å². The van der Waals surface area contributed by atoms with Gasteiger partial charge in [-0.15, -0.1) is 24.0 Å². The van der Waals surface area contributed by atoms with Gasteiger partial charge in [0.1, 0.15) is 5.76 Å². The van der Waals surface area contributed by atoms with Gasteiger partial charge in [0.15, 0.2) is 5.96 Å². The molecule has 1 unspecified atom stereocenters. The fraction of sp³-hybridized carbons (Fsp3) is 0.545. The normalized spacial score (nSPS) is 13.1. The van der Waals surface area contributed by atoms with Crippen LogP contribution in [0.5, 0.6) is 0 Å². The summed E-state index contributed by atoms with van der Waals surface area (Å²) in [4.78, 5) is 6.17. The Kier molecular flexibility index (Phi) is 7.98. The summed E-state index contributed by atoms with van der Waals surface area (Å²) < 4.78 is 5.41. The van der Waals surface area contributed by atoms with Crippen LogP contribution in [-0.2, 0) is 0 Å². The van der Waals surface area contributed by atoms with Gasteiger partial charge in [-0.2, -0.15) is 0 Å². The Morgan fingerprint density at radius 2 is 2.24 bits per heavy atom. The van der Waals surface area contributed by atoms with Gasteiger partial charge in [-0.1, -0.05) is 0 Å². The average Bonchev–Trinajstić information content (AvgIpc) is 2.77. The first-order valence-electron chi connectivity index (χ1n) is 5.27. The molecule has 0 aliphatic carbocycles. The van der Waals surface area contributed by atoms with Crippen molar-refractivity contribution >= 4 is 29.9 Å². The maximum Gasteiger partial charge on any atom is 0.190 e. The number of guanidine groups is 1. The van der Waals surface area contributed by atoms with Crippen LogP contribution in [0.1, 0.15) is 11.8 Å². The van der Waals surface area contributed by atoms with Crippen LogP contribution in [0, 0.1) is 0 Å². The lowest BCUT2D eigenvalue weighted by molar-refractivity contribution is 0.258. The number of nitrogens with zero attached hydrogens (tertiary/aromatic N) is 2. The van der Waals surface area contributed by atoms with Gasteiger partial charge in [0.25, 0.3) is 0 Å². The Morgan fingerprint density at radius 3 is 2.65 bits per heavy atom. The van der Waals surface area contributed by atoms with Crippen LogP contribution in [-0.4, -0.2) is 45.6 Å². The fourth-order valence-electron chi connectivity index (χ4n) is 1.49. The molecule has 0 spiro atoms. The molecule has 0 amide bonds. The largest absolute Gasteiger partial charge is 0.468 e. The number of aliphatic imine (C=N–C) groups is 1. The topological polar surface area (TPSA) is 52.8 Å². The van der Waals surface area contributed by atoms with Gasteiger partial charge < -0.3 is 15.1 Å². The average molecular weight is 352 g/mol. The maximum atomic E-state index is 5.41. The molecule has 0 aliphatic rings. The first-order valence-corrected chi connectivity index (χ1v) is 5.27. The Labute approximate surface area is 120 Å². The van der Waals surface area contributed by atoms with Crippen LogP contribution in [0.25, 0.3) is 0 Å². The van der Waals surface area contributed by atoms with E-state index in [2.05, 4.69) is 20.5 Å². The molecule has 2 N–H and O–H groups in total. The van der Waals surface area contributed by atoms with Gasteiger partial charge in [-0.05, 0) is 26.2 Å². The highest BCUT2D eigenvalue weighted by Crippen LogP contribution is 2.17. The Morgan fingerprint density at radius 1 is 1.53 bits per heavy atom. The molecule has 1 aromatic heterocycles. The zero-order chi connectivity index (χ0) is 12.0. The van der Waals surface area contributed by atoms with Crippen LogP contribution >= 0.6 is 24.0 Å². The smallest absolute Gasteiger partial charge is 0.190 e. The number of halogens is 1. The molecule has 0 bridgehead atoms. The van der Waals surface area contributed by atoms with E-state index in [1.165, 1.54) is 0 Å². The van der Waals surface area contributed by atoms with Crippen molar-refractivity contribution in [1.29, 1.82) is 0 Å². The second-order valence-electron chi connectivity index (χ2n) is 3.70. The van der Waals surface area contributed by atoms with Crippen molar-refractivity contribution in [3.8, 4) is 0 Å². The molecule has 0 aliphatic heterocycles. The van der Waals surface area contributed by atoms with Crippen molar-refractivity contribution in [3.63, 3.8) is 0 Å². The van der Waals surface area contributed by atoms with E-state index in [0.717, 1.165) is 18.3 Å². The van der Waals surface area contributed by atoms with E-state index in [1.807, 2.05) is 33.3 Å². The highest BCUT2D eigenvalue weighted by atomic mass is 127. The molecule has 1 heterocycles. The molecular weight excluding hydrogens is 331 g/mol. The van der Waals surface area contributed by atoms with Gasteiger partial charge in [0.05, 0.1) is 12.3 Å². The molecule has 0 saturated carbocycles. The first-order chi connectivity index (χ1) is 7.69. The molecule has 5 nitrogen and oxygen atoms in total. The summed E-state index contributed by atoms with van der Waals surface area (Å²) in [6, 6.07) is 4.08. The monoisotopic (exact) mass is 352 g/mol. The number of hydrogen-bond acceptors (Lipinski definition) is 3. The van der Waals surface area contributed by atoms with E-state index in [4.69, 9.17) is 4.42 Å². The van der Waals surface area contributed by atoms with Crippen molar-refractivity contribution < 1.29 is 4.42 Å². The fourth-order valence-corrected chi connectivity index (χ4v) is 1.49. The third-order valence-electron chi connectivity index (χ3n) is 2.42. The van der Waals surface area contributed by atoms with E-state index in [1.54, 1.807) is 13.3 Å². The first kappa shape index (κ1) is 16.2. The molecule has 0 radical (unpaired) electrons. The molecule has 1 aromatic rings. The highest BCUT2D eigenvalue weighted by molar-refractivity contribution is 14.0. The lowest BCUT2D eigenvalue weighted by atomic mass is 10.2. The summed E-state index contributed by atoms with van der Waals surface area (Å²) in [5.41, 5.74) is 0. The maximum absolute atomic E-state index is 5.41. The summed E-state index contributed by atoms with van der Waals surface area (Å²) in [5, 5.41) is 6.21. The molecule has 1 rings (SSSR count). The third kappa shape index (κ3) is 4.95. The Bertz CT molecular complexity index is 324. The minimum atomic E-state index is 0. The van der Waals surface area contributed by atoms with E-state index < -0.39 is 0 Å². The molecule has 6 heteroatoms. The zero-order valence-corrected chi connectivity index (χ0v) is 13.1.